The molecule has 0 aliphatic rings. The van der Waals surface area contributed by atoms with Crippen molar-refractivity contribution < 1.29 is 19.2 Å². The number of aliphatic carboxylic acids is 1. The number of nitrogens with zero attached hydrogens (tertiary/aromatic N) is 2. The summed E-state index contributed by atoms with van der Waals surface area (Å²) >= 11 is 0. The first kappa shape index (κ1) is 13.2. The van der Waals surface area contributed by atoms with Crippen molar-refractivity contribution in [2.75, 3.05) is 18.9 Å². The topological polar surface area (TPSA) is 95.7 Å². The smallest absolute Gasteiger partial charge is 0.320 e. The second kappa shape index (κ2) is 5.44. The Morgan fingerprint density at radius 1 is 1.65 bits per heavy atom. The van der Waals surface area contributed by atoms with Crippen LogP contribution >= 0.6 is 0 Å². The van der Waals surface area contributed by atoms with Crippen LogP contribution in [-0.2, 0) is 9.59 Å². The van der Waals surface area contributed by atoms with Crippen LogP contribution in [0.25, 0.3) is 0 Å². The highest BCUT2D eigenvalue weighted by Gasteiger charge is 2.19. The molecule has 1 rings (SSSR count). The number of carboxylic acids is 1. The molecule has 0 bridgehead atoms. The van der Waals surface area contributed by atoms with E-state index in [2.05, 4.69) is 10.5 Å². The first-order chi connectivity index (χ1) is 7.90. The maximum absolute atomic E-state index is 11.5. The Kier molecular flexibility index (Phi) is 4.22. The normalized spacial score (nSPS) is 12.5. The number of nitrogens with one attached hydrogen (secondary N) is 1. The van der Waals surface area contributed by atoms with Gasteiger partial charge in [0.25, 0.3) is 0 Å². The summed E-state index contributed by atoms with van der Waals surface area (Å²) in [5.74, 6) is -0.400. The fourth-order valence-corrected chi connectivity index (χ4v) is 1.16. The predicted octanol–water partition coefficient (Wildman–Crippen LogP) is 0.326. The zero-order valence-corrected chi connectivity index (χ0v) is 9.93. The molecule has 0 aliphatic carbocycles. The number of carbonyl (C=O) groups is 2. The van der Waals surface area contributed by atoms with Crippen molar-refractivity contribution in [3.63, 3.8) is 0 Å². The Balaban J connectivity index is 2.47. The van der Waals surface area contributed by atoms with Gasteiger partial charge in [0.15, 0.2) is 5.82 Å². The van der Waals surface area contributed by atoms with E-state index in [1.165, 1.54) is 11.8 Å². The Labute approximate surface area is 98.4 Å². The summed E-state index contributed by atoms with van der Waals surface area (Å²) < 4.78 is 4.78. The summed E-state index contributed by atoms with van der Waals surface area (Å²) in [7, 11) is 1.56. The predicted molar refractivity (Wildman–Crippen MR) is 59.6 cm³/mol. The minimum absolute atomic E-state index is 0.0284. The van der Waals surface area contributed by atoms with Crippen LogP contribution in [0.15, 0.2) is 10.6 Å². The first-order valence-electron chi connectivity index (χ1n) is 5.06. The molecule has 0 aromatic carbocycles. The van der Waals surface area contributed by atoms with E-state index in [0.29, 0.717) is 11.6 Å². The van der Waals surface area contributed by atoms with Gasteiger partial charge in [-0.15, -0.1) is 0 Å². The van der Waals surface area contributed by atoms with Gasteiger partial charge >= 0.3 is 5.97 Å². The summed E-state index contributed by atoms with van der Waals surface area (Å²) in [5, 5.41) is 14.9. The number of anilines is 1. The third-order valence-corrected chi connectivity index (χ3v) is 2.31. The highest BCUT2D eigenvalue weighted by atomic mass is 16.5. The Morgan fingerprint density at radius 3 is 2.76 bits per heavy atom. The lowest BCUT2D eigenvalue weighted by Gasteiger charge is -2.19. The van der Waals surface area contributed by atoms with E-state index in [1.54, 1.807) is 20.0 Å². The van der Waals surface area contributed by atoms with Crippen LogP contribution in [0.5, 0.6) is 0 Å². The van der Waals surface area contributed by atoms with Crippen LogP contribution in [0, 0.1) is 6.92 Å². The van der Waals surface area contributed by atoms with Crippen LogP contribution in [0.2, 0.25) is 0 Å². The highest BCUT2D eigenvalue weighted by molar-refractivity contribution is 5.91. The van der Waals surface area contributed by atoms with Gasteiger partial charge in [0.1, 0.15) is 11.8 Å². The summed E-state index contributed by atoms with van der Waals surface area (Å²) in [6, 6.07) is 0.859. The SMILES string of the molecule is Cc1cc(NC(=O)CN(C)C(C)C(=O)O)no1. The largest absolute Gasteiger partial charge is 0.480 e. The Bertz CT molecular complexity index is 415. The number of carbonyl (C=O) groups excluding carboxylic acids is 1. The lowest BCUT2D eigenvalue weighted by atomic mass is 10.3. The number of amides is 1. The molecule has 1 aromatic heterocycles. The monoisotopic (exact) mass is 241 g/mol. The van der Waals surface area contributed by atoms with Gasteiger partial charge in [0, 0.05) is 6.07 Å². The number of aryl methyl sites for hydroxylation is 1. The lowest BCUT2D eigenvalue weighted by Crippen LogP contribution is -2.40. The zero-order valence-electron chi connectivity index (χ0n) is 9.93. The molecule has 0 fully saturated rings. The molecule has 7 heteroatoms. The number of aromatic nitrogens is 1. The average Bonchev–Trinajstić information content (AvgIpc) is 2.62. The zero-order chi connectivity index (χ0) is 13.0. The van der Waals surface area contributed by atoms with Gasteiger partial charge in [0.2, 0.25) is 5.91 Å². The molecule has 0 saturated carbocycles. The maximum Gasteiger partial charge on any atom is 0.320 e. The second-order valence-electron chi connectivity index (χ2n) is 3.80. The molecule has 17 heavy (non-hydrogen) atoms. The Hall–Kier alpha value is -1.89. The quantitative estimate of drug-likeness (QED) is 0.771. The van der Waals surface area contributed by atoms with Crippen molar-refractivity contribution in [1.29, 1.82) is 0 Å². The molecule has 0 radical (unpaired) electrons. The van der Waals surface area contributed by atoms with Gasteiger partial charge in [-0.05, 0) is 20.9 Å². The molecule has 2 N–H and O–H groups in total. The maximum atomic E-state index is 11.5. The third kappa shape index (κ3) is 3.87. The van der Waals surface area contributed by atoms with E-state index in [9.17, 15) is 9.59 Å². The molecule has 1 atom stereocenters. The minimum atomic E-state index is -0.974. The van der Waals surface area contributed by atoms with Gasteiger partial charge in [-0.2, -0.15) is 0 Å². The van der Waals surface area contributed by atoms with Crippen molar-refractivity contribution in [1.82, 2.24) is 10.1 Å². The standard InChI is InChI=1S/C10H15N3O4/c1-6-4-8(12-17-6)11-9(14)5-13(3)7(2)10(15)16/h4,7H,5H2,1-3H3,(H,15,16)(H,11,12,14). The van der Waals surface area contributed by atoms with E-state index in [-0.39, 0.29) is 12.5 Å². The Morgan fingerprint density at radius 2 is 2.29 bits per heavy atom. The molecule has 94 valence electrons. The molecule has 0 spiro atoms. The van der Waals surface area contributed by atoms with Crippen molar-refractivity contribution >= 4 is 17.7 Å². The van der Waals surface area contributed by atoms with E-state index < -0.39 is 12.0 Å². The summed E-state index contributed by atoms with van der Waals surface area (Å²) in [5.41, 5.74) is 0. The van der Waals surface area contributed by atoms with Crippen LogP contribution in [-0.4, -0.2) is 46.7 Å². The van der Waals surface area contributed by atoms with Crippen LogP contribution in [0.1, 0.15) is 12.7 Å². The molecule has 0 saturated heterocycles. The molecule has 1 aromatic rings. The summed E-state index contributed by atoms with van der Waals surface area (Å²) in [6.45, 7) is 3.19. The number of rotatable bonds is 5. The molecule has 1 heterocycles. The minimum Gasteiger partial charge on any atom is -0.480 e. The number of likely N-dealkylation sites (N-methyl/N-ethyl adjacent to an activating group) is 1. The van der Waals surface area contributed by atoms with Crippen LogP contribution in [0.4, 0.5) is 5.82 Å². The lowest BCUT2D eigenvalue weighted by molar-refractivity contribution is -0.142. The number of hydrogen-bond acceptors (Lipinski definition) is 5. The second-order valence-corrected chi connectivity index (χ2v) is 3.80. The van der Waals surface area contributed by atoms with Gasteiger partial charge in [-0.25, -0.2) is 0 Å². The molecule has 0 aliphatic heterocycles. The van der Waals surface area contributed by atoms with Gasteiger partial charge in [0.05, 0.1) is 6.54 Å². The van der Waals surface area contributed by atoms with E-state index in [1.807, 2.05) is 0 Å². The van der Waals surface area contributed by atoms with Crippen molar-refractivity contribution in [2.24, 2.45) is 0 Å². The first-order valence-corrected chi connectivity index (χ1v) is 5.06. The van der Waals surface area contributed by atoms with Crippen molar-refractivity contribution in [3.8, 4) is 0 Å². The summed E-state index contributed by atoms with van der Waals surface area (Å²) in [6.07, 6.45) is 0. The fourth-order valence-electron chi connectivity index (χ4n) is 1.16. The van der Waals surface area contributed by atoms with Gasteiger partial charge in [-0.1, -0.05) is 5.16 Å². The number of carboxylic acid groups (broad SMARTS) is 1. The van der Waals surface area contributed by atoms with Gasteiger partial charge < -0.3 is 14.9 Å². The molecular weight excluding hydrogens is 226 g/mol. The summed E-state index contributed by atoms with van der Waals surface area (Å²) in [4.78, 5) is 23.6. The van der Waals surface area contributed by atoms with Crippen molar-refractivity contribution in [2.45, 2.75) is 19.9 Å². The molecule has 1 amide bonds. The van der Waals surface area contributed by atoms with E-state index in [0.717, 1.165) is 0 Å². The third-order valence-electron chi connectivity index (χ3n) is 2.31. The fraction of sp³-hybridized carbons (Fsp3) is 0.500. The van der Waals surface area contributed by atoms with E-state index in [4.69, 9.17) is 9.63 Å². The molecule has 7 nitrogen and oxygen atoms in total. The highest BCUT2D eigenvalue weighted by Crippen LogP contribution is 2.07. The van der Waals surface area contributed by atoms with Gasteiger partial charge in [-0.3, -0.25) is 14.5 Å². The average molecular weight is 241 g/mol. The van der Waals surface area contributed by atoms with Crippen LogP contribution in [0.3, 0.4) is 0 Å². The van der Waals surface area contributed by atoms with E-state index >= 15 is 0 Å². The van der Waals surface area contributed by atoms with Crippen LogP contribution < -0.4 is 5.32 Å². The molecule has 1 unspecified atom stereocenters. The van der Waals surface area contributed by atoms with Crippen molar-refractivity contribution in [3.05, 3.63) is 11.8 Å². The number of hydrogen-bond donors (Lipinski definition) is 2. The molecular formula is C10H15N3O4.